The molecule has 0 aromatic carbocycles. The van der Waals surface area contributed by atoms with Crippen molar-refractivity contribution in [3.63, 3.8) is 0 Å². The second-order valence-corrected chi connectivity index (χ2v) is 6.87. The Morgan fingerprint density at radius 1 is 1.53 bits per heavy atom. The molecule has 8 heteroatoms. The summed E-state index contributed by atoms with van der Waals surface area (Å²) in [6.07, 6.45) is 0.664. The fourth-order valence-corrected chi connectivity index (χ4v) is 3.47. The monoisotopic (exact) mass is 303 g/mol. The summed E-state index contributed by atoms with van der Waals surface area (Å²) in [5.74, 6) is 0.454. The molecule has 0 spiro atoms. The predicted molar refractivity (Wildman–Crippen MR) is 80.9 cm³/mol. The second-order valence-electron chi connectivity index (χ2n) is 4.57. The van der Waals surface area contributed by atoms with Crippen LogP contribution >= 0.6 is 23.1 Å². The van der Waals surface area contributed by atoms with E-state index < -0.39 is 5.54 Å². The number of nitrogens with one attached hydrogen (secondary N) is 1. The number of thioether (sulfide) groups is 1. The van der Waals surface area contributed by atoms with Gasteiger partial charge in [0.1, 0.15) is 0 Å². The molecule has 0 saturated carbocycles. The summed E-state index contributed by atoms with van der Waals surface area (Å²) in [6.45, 7) is 4.51. The van der Waals surface area contributed by atoms with Gasteiger partial charge in [-0.2, -0.15) is 0 Å². The molecule has 1 aromatic rings. The molecule has 19 heavy (non-hydrogen) atoms. The number of aromatic nitrogens is 2. The highest BCUT2D eigenvalue weighted by atomic mass is 32.2. The molecule has 1 aromatic heterocycles. The Balaban J connectivity index is 2.49. The molecular weight excluding hydrogens is 282 g/mol. The Hall–Kier alpha value is -0.860. The van der Waals surface area contributed by atoms with Gasteiger partial charge in [0.05, 0.1) is 5.54 Å². The Kier molecular flexibility index (Phi) is 6.02. The van der Waals surface area contributed by atoms with E-state index in [1.165, 1.54) is 0 Å². The zero-order valence-corrected chi connectivity index (χ0v) is 13.4. The maximum atomic E-state index is 11.5. The highest BCUT2D eigenvalue weighted by molar-refractivity contribution is 8.01. The van der Waals surface area contributed by atoms with Crippen LogP contribution in [-0.4, -0.2) is 48.0 Å². The number of anilines is 1. The van der Waals surface area contributed by atoms with Crippen molar-refractivity contribution in [2.75, 3.05) is 31.3 Å². The van der Waals surface area contributed by atoms with Gasteiger partial charge in [0.2, 0.25) is 11.0 Å². The molecule has 0 radical (unpaired) electrons. The first-order valence-electron chi connectivity index (χ1n) is 6.07. The van der Waals surface area contributed by atoms with Crippen LogP contribution in [0.1, 0.15) is 20.3 Å². The van der Waals surface area contributed by atoms with Crippen molar-refractivity contribution in [3.05, 3.63) is 0 Å². The zero-order chi connectivity index (χ0) is 14.5. The Morgan fingerprint density at radius 2 is 2.21 bits per heavy atom. The first-order chi connectivity index (χ1) is 8.89. The lowest BCUT2D eigenvalue weighted by Crippen LogP contribution is -2.53. The number of nitrogens with two attached hydrogens (primary N) is 1. The number of primary amides is 1. The molecule has 0 aliphatic heterocycles. The van der Waals surface area contributed by atoms with E-state index in [1.807, 2.05) is 32.8 Å². The van der Waals surface area contributed by atoms with Crippen LogP contribution in [0.25, 0.3) is 0 Å². The fourth-order valence-electron chi connectivity index (χ4n) is 1.47. The largest absolute Gasteiger partial charge is 0.368 e. The SMILES string of the molecule is CCNC(C)(CCSc1nnc(N(C)C)s1)C(N)=O. The highest BCUT2D eigenvalue weighted by Crippen LogP contribution is 2.28. The van der Waals surface area contributed by atoms with Gasteiger partial charge in [-0.15, -0.1) is 10.2 Å². The lowest BCUT2D eigenvalue weighted by Gasteiger charge is -2.26. The number of hydrogen-bond acceptors (Lipinski definition) is 7. The van der Waals surface area contributed by atoms with E-state index in [4.69, 9.17) is 5.73 Å². The summed E-state index contributed by atoms with van der Waals surface area (Å²) in [4.78, 5) is 13.4. The smallest absolute Gasteiger partial charge is 0.237 e. The lowest BCUT2D eigenvalue weighted by molar-refractivity contribution is -0.123. The molecule has 1 heterocycles. The van der Waals surface area contributed by atoms with Gasteiger partial charge in [-0.25, -0.2) is 0 Å². The molecule has 0 bridgehead atoms. The molecule has 108 valence electrons. The molecule has 1 amide bonds. The van der Waals surface area contributed by atoms with Crippen LogP contribution in [0.3, 0.4) is 0 Å². The topological polar surface area (TPSA) is 84.1 Å². The van der Waals surface area contributed by atoms with Crippen LogP contribution in [0, 0.1) is 0 Å². The average Bonchev–Trinajstić information content (AvgIpc) is 2.78. The van der Waals surface area contributed by atoms with E-state index in [2.05, 4.69) is 15.5 Å². The van der Waals surface area contributed by atoms with Crippen molar-refractivity contribution < 1.29 is 4.79 Å². The third-order valence-electron chi connectivity index (χ3n) is 2.72. The van der Waals surface area contributed by atoms with Gasteiger partial charge >= 0.3 is 0 Å². The number of carbonyl (C=O) groups excluding carboxylic acids is 1. The number of amides is 1. The zero-order valence-electron chi connectivity index (χ0n) is 11.8. The van der Waals surface area contributed by atoms with E-state index in [9.17, 15) is 4.79 Å². The normalized spacial score (nSPS) is 14.1. The second kappa shape index (κ2) is 7.06. The molecular formula is C11H21N5OS2. The molecule has 0 saturated heterocycles. The minimum atomic E-state index is -0.656. The summed E-state index contributed by atoms with van der Waals surface area (Å²) < 4.78 is 0.909. The average molecular weight is 303 g/mol. The maximum absolute atomic E-state index is 11.5. The van der Waals surface area contributed by atoms with Gasteiger partial charge in [-0.1, -0.05) is 30.0 Å². The fraction of sp³-hybridized carbons (Fsp3) is 0.727. The third kappa shape index (κ3) is 4.63. The quantitative estimate of drug-likeness (QED) is 0.695. The van der Waals surface area contributed by atoms with E-state index in [0.29, 0.717) is 13.0 Å². The van der Waals surface area contributed by atoms with Gasteiger partial charge < -0.3 is 16.0 Å². The first-order valence-corrected chi connectivity index (χ1v) is 7.88. The summed E-state index contributed by atoms with van der Waals surface area (Å²) in [6, 6.07) is 0. The van der Waals surface area contributed by atoms with Crippen molar-refractivity contribution in [2.24, 2.45) is 5.73 Å². The van der Waals surface area contributed by atoms with Crippen LogP contribution in [0.2, 0.25) is 0 Å². The molecule has 1 unspecified atom stereocenters. The van der Waals surface area contributed by atoms with Gasteiger partial charge in [-0.05, 0) is 19.9 Å². The standard InChI is InChI=1S/C11H21N5OS2/c1-5-13-11(2,8(12)17)6-7-18-10-15-14-9(19-10)16(3)4/h13H,5-7H2,1-4H3,(H2,12,17). The Morgan fingerprint density at radius 3 is 2.68 bits per heavy atom. The van der Waals surface area contributed by atoms with Crippen LogP contribution in [0.15, 0.2) is 4.34 Å². The maximum Gasteiger partial charge on any atom is 0.237 e. The van der Waals surface area contributed by atoms with Crippen LogP contribution in [0.5, 0.6) is 0 Å². The van der Waals surface area contributed by atoms with Crippen molar-refractivity contribution in [2.45, 2.75) is 30.1 Å². The van der Waals surface area contributed by atoms with E-state index >= 15 is 0 Å². The predicted octanol–water partition coefficient (Wildman–Crippen LogP) is 0.940. The highest BCUT2D eigenvalue weighted by Gasteiger charge is 2.29. The minimum absolute atomic E-state index is 0.318. The number of carbonyl (C=O) groups is 1. The molecule has 0 aliphatic carbocycles. The molecule has 0 fully saturated rings. The van der Waals surface area contributed by atoms with Gasteiger partial charge in [-0.3, -0.25) is 4.79 Å². The van der Waals surface area contributed by atoms with Crippen molar-refractivity contribution in [1.82, 2.24) is 15.5 Å². The summed E-state index contributed by atoms with van der Waals surface area (Å²) in [7, 11) is 3.87. The minimum Gasteiger partial charge on any atom is -0.368 e. The number of hydrogen-bond donors (Lipinski definition) is 2. The van der Waals surface area contributed by atoms with E-state index in [1.54, 1.807) is 23.1 Å². The summed E-state index contributed by atoms with van der Waals surface area (Å²) in [5, 5.41) is 12.2. The first kappa shape index (κ1) is 16.2. The van der Waals surface area contributed by atoms with Crippen LogP contribution in [-0.2, 0) is 4.79 Å². The molecule has 1 atom stereocenters. The van der Waals surface area contributed by atoms with Crippen molar-refractivity contribution in [1.29, 1.82) is 0 Å². The number of rotatable bonds is 8. The van der Waals surface area contributed by atoms with Gasteiger partial charge in [0.25, 0.3) is 0 Å². The van der Waals surface area contributed by atoms with E-state index in [0.717, 1.165) is 15.2 Å². The summed E-state index contributed by atoms with van der Waals surface area (Å²) in [5.41, 5.74) is 4.78. The van der Waals surface area contributed by atoms with Crippen molar-refractivity contribution >= 4 is 34.1 Å². The third-order valence-corrected chi connectivity index (χ3v) is 4.94. The lowest BCUT2D eigenvalue weighted by atomic mass is 9.98. The molecule has 6 nitrogen and oxygen atoms in total. The molecule has 1 rings (SSSR count). The Bertz CT molecular complexity index is 423. The number of nitrogens with zero attached hydrogens (tertiary/aromatic N) is 3. The van der Waals surface area contributed by atoms with Crippen molar-refractivity contribution in [3.8, 4) is 0 Å². The summed E-state index contributed by atoms with van der Waals surface area (Å²) >= 11 is 3.14. The molecule has 0 aliphatic rings. The van der Waals surface area contributed by atoms with E-state index in [-0.39, 0.29) is 5.91 Å². The number of likely N-dealkylation sites (N-methyl/N-ethyl adjacent to an activating group) is 1. The van der Waals surface area contributed by atoms with Gasteiger partial charge in [0.15, 0.2) is 4.34 Å². The Labute approximate surface area is 122 Å². The van der Waals surface area contributed by atoms with Crippen LogP contribution in [0.4, 0.5) is 5.13 Å². The molecule has 3 N–H and O–H groups in total. The van der Waals surface area contributed by atoms with Gasteiger partial charge in [0, 0.05) is 19.8 Å². The van der Waals surface area contributed by atoms with Crippen LogP contribution < -0.4 is 16.0 Å².